The molecule has 7 nitrogen and oxygen atoms in total. The maximum Gasteiger partial charge on any atom is 0.267 e. The van der Waals surface area contributed by atoms with E-state index in [-0.39, 0.29) is 15.5 Å². The van der Waals surface area contributed by atoms with Crippen molar-refractivity contribution in [2.45, 2.75) is 11.8 Å². The number of aryl methyl sites for hydroxylation is 1. The standard InChI is InChI=1S/C23H24FN3O4S2/c1-16-6-7-17(14-20(16)24)25-23(28)22-21(8-13-32-22)33(29,30)27-11-9-26(10-12-27)18-4-3-5-19(15-18)31-2/h3-8,13-15H,9-12H2,1-2H3,(H,25,28). The molecule has 0 radical (unpaired) electrons. The van der Waals surface area contributed by atoms with Crippen molar-refractivity contribution in [1.29, 1.82) is 0 Å². The summed E-state index contributed by atoms with van der Waals surface area (Å²) in [4.78, 5) is 14.9. The molecule has 1 aliphatic heterocycles. The van der Waals surface area contributed by atoms with E-state index < -0.39 is 21.7 Å². The van der Waals surface area contributed by atoms with Gasteiger partial charge in [0.2, 0.25) is 10.0 Å². The van der Waals surface area contributed by atoms with Gasteiger partial charge in [0, 0.05) is 43.6 Å². The van der Waals surface area contributed by atoms with Gasteiger partial charge in [-0.3, -0.25) is 4.79 Å². The van der Waals surface area contributed by atoms with Crippen LogP contribution in [0, 0.1) is 12.7 Å². The number of piperazine rings is 1. The third-order valence-corrected chi connectivity index (χ3v) is 8.52. The molecule has 174 valence electrons. The fraction of sp³-hybridized carbons (Fsp3) is 0.261. The van der Waals surface area contributed by atoms with Gasteiger partial charge in [0.25, 0.3) is 5.91 Å². The van der Waals surface area contributed by atoms with E-state index in [2.05, 4.69) is 10.2 Å². The van der Waals surface area contributed by atoms with Crippen molar-refractivity contribution in [3.63, 3.8) is 0 Å². The molecule has 0 bridgehead atoms. The molecule has 1 aromatic heterocycles. The first kappa shape index (κ1) is 23.2. The monoisotopic (exact) mass is 489 g/mol. The normalized spacial score (nSPS) is 14.8. The molecule has 1 aliphatic rings. The SMILES string of the molecule is COc1cccc(N2CCN(S(=O)(=O)c3ccsc3C(=O)Nc3ccc(C)c(F)c3)CC2)c1. The molecule has 0 atom stereocenters. The average Bonchev–Trinajstić information content (AvgIpc) is 3.33. The molecule has 3 aromatic rings. The summed E-state index contributed by atoms with van der Waals surface area (Å²) in [5, 5.41) is 4.17. The Morgan fingerprint density at radius 2 is 1.85 bits per heavy atom. The van der Waals surface area contributed by atoms with Gasteiger partial charge >= 0.3 is 0 Å². The van der Waals surface area contributed by atoms with Crippen LogP contribution in [0.5, 0.6) is 5.75 Å². The Morgan fingerprint density at radius 3 is 2.55 bits per heavy atom. The summed E-state index contributed by atoms with van der Waals surface area (Å²) >= 11 is 1.04. The summed E-state index contributed by atoms with van der Waals surface area (Å²) in [5.74, 6) is -0.285. The van der Waals surface area contributed by atoms with E-state index in [1.807, 2.05) is 24.3 Å². The van der Waals surface area contributed by atoms with E-state index in [4.69, 9.17) is 4.74 Å². The van der Waals surface area contributed by atoms with E-state index in [1.165, 1.54) is 16.4 Å². The lowest BCUT2D eigenvalue weighted by molar-refractivity contribution is 0.102. The van der Waals surface area contributed by atoms with Crippen molar-refractivity contribution in [3.8, 4) is 5.75 Å². The number of amides is 1. The van der Waals surface area contributed by atoms with Crippen LogP contribution in [0.1, 0.15) is 15.2 Å². The number of anilines is 2. The highest BCUT2D eigenvalue weighted by molar-refractivity contribution is 7.89. The Bertz CT molecular complexity index is 1270. The Kier molecular flexibility index (Phi) is 6.68. The Balaban J connectivity index is 1.48. The number of sulfonamides is 1. The first-order valence-electron chi connectivity index (χ1n) is 10.3. The van der Waals surface area contributed by atoms with Crippen molar-refractivity contribution in [2.24, 2.45) is 0 Å². The molecule has 0 aliphatic carbocycles. The van der Waals surface area contributed by atoms with Crippen molar-refractivity contribution in [2.75, 3.05) is 43.5 Å². The summed E-state index contributed by atoms with van der Waals surface area (Å²) in [6.45, 7) is 3.24. The summed E-state index contributed by atoms with van der Waals surface area (Å²) < 4.78 is 47.1. The van der Waals surface area contributed by atoms with Gasteiger partial charge in [-0.15, -0.1) is 11.3 Å². The third-order valence-electron chi connectivity index (χ3n) is 5.54. The fourth-order valence-electron chi connectivity index (χ4n) is 3.66. The molecule has 0 saturated carbocycles. The predicted molar refractivity (Wildman–Crippen MR) is 127 cm³/mol. The number of thiophene rings is 1. The Hall–Kier alpha value is -2.95. The molecule has 1 amide bonds. The Morgan fingerprint density at radius 1 is 1.09 bits per heavy atom. The van der Waals surface area contributed by atoms with Crippen molar-refractivity contribution in [1.82, 2.24) is 4.31 Å². The van der Waals surface area contributed by atoms with Gasteiger partial charge in [-0.05, 0) is 48.2 Å². The van der Waals surface area contributed by atoms with E-state index in [9.17, 15) is 17.6 Å². The first-order chi connectivity index (χ1) is 15.8. The predicted octanol–water partition coefficient (Wildman–Crippen LogP) is 3.97. The first-order valence-corrected chi connectivity index (χ1v) is 12.7. The lowest BCUT2D eigenvalue weighted by Gasteiger charge is -2.35. The minimum absolute atomic E-state index is 0.0348. The number of methoxy groups -OCH3 is 1. The highest BCUT2D eigenvalue weighted by Crippen LogP contribution is 2.29. The number of carbonyl (C=O) groups is 1. The largest absolute Gasteiger partial charge is 0.497 e. The molecule has 0 spiro atoms. The number of halogens is 1. The molecular formula is C23H24FN3O4S2. The zero-order valence-electron chi connectivity index (χ0n) is 18.2. The molecule has 4 rings (SSSR count). The van der Waals surface area contributed by atoms with Crippen LogP contribution in [-0.2, 0) is 10.0 Å². The van der Waals surface area contributed by atoms with Crippen LogP contribution in [0.3, 0.4) is 0 Å². The fourth-order valence-corrected chi connectivity index (χ4v) is 6.38. The van der Waals surface area contributed by atoms with Crippen LogP contribution in [0.2, 0.25) is 0 Å². The molecule has 10 heteroatoms. The molecule has 2 heterocycles. The van der Waals surface area contributed by atoms with Crippen LogP contribution in [0.4, 0.5) is 15.8 Å². The second-order valence-electron chi connectivity index (χ2n) is 7.62. The molecule has 33 heavy (non-hydrogen) atoms. The number of hydrogen-bond donors (Lipinski definition) is 1. The van der Waals surface area contributed by atoms with Crippen LogP contribution in [-0.4, -0.2) is 51.9 Å². The lowest BCUT2D eigenvalue weighted by Crippen LogP contribution is -2.48. The van der Waals surface area contributed by atoms with Gasteiger partial charge in [0.05, 0.1) is 7.11 Å². The quantitative estimate of drug-likeness (QED) is 0.567. The Labute approximate surface area is 196 Å². The number of nitrogens with zero attached hydrogens (tertiary/aromatic N) is 2. The lowest BCUT2D eigenvalue weighted by atomic mass is 10.2. The zero-order chi connectivity index (χ0) is 23.6. The smallest absolute Gasteiger partial charge is 0.267 e. The number of nitrogens with one attached hydrogen (secondary N) is 1. The summed E-state index contributed by atoms with van der Waals surface area (Å²) in [5.41, 5.74) is 1.69. The van der Waals surface area contributed by atoms with E-state index in [0.717, 1.165) is 22.8 Å². The zero-order valence-corrected chi connectivity index (χ0v) is 19.9. The summed E-state index contributed by atoms with van der Waals surface area (Å²) in [6.07, 6.45) is 0. The van der Waals surface area contributed by atoms with Gasteiger partial charge in [0.1, 0.15) is 21.3 Å². The maximum absolute atomic E-state index is 13.8. The van der Waals surface area contributed by atoms with E-state index in [0.29, 0.717) is 31.7 Å². The van der Waals surface area contributed by atoms with E-state index in [1.54, 1.807) is 31.5 Å². The van der Waals surface area contributed by atoms with Crippen molar-refractivity contribution >= 4 is 38.6 Å². The summed E-state index contributed by atoms with van der Waals surface area (Å²) in [6, 6.07) is 13.4. The van der Waals surface area contributed by atoms with Gasteiger partial charge in [0.15, 0.2) is 0 Å². The van der Waals surface area contributed by atoms with Crippen molar-refractivity contribution in [3.05, 3.63) is 70.2 Å². The minimum atomic E-state index is -3.86. The molecule has 1 fully saturated rings. The number of rotatable bonds is 6. The molecule has 2 aromatic carbocycles. The van der Waals surface area contributed by atoms with Crippen LogP contribution in [0.25, 0.3) is 0 Å². The maximum atomic E-state index is 13.8. The van der Waals surface area contributed by atoms with Crippen LogP contribution < -0.4 is 15.0 Å². The second kappa shape index (κ2) is 9.50. The van der Waals surface area contributed by atoms with Gasteiger partial charge in [-0.25, -0.2) is 12.8 Å². The topological polar surface area (TPSA) is 79.0 Å². The van der Waals surface area contributed by atoms with E-state index >= 15 is 0 Å². The van der Waals surface area contributed by atoms with Gasteiger partial charge in [-0.2, -0.15) is 4.31 Å². The van der Waals surface area contributed by atoms with Crippen LogP contribution >= 0.6 is 11.3 Å². The highest BCUT2D eigenvalue weighted by atomic mass is 32.2. The molecular weight excluding hydrogens is 465 g/mol. The molecule has 1 N–H and O–H groups in total. The number of ether oxygens (including phenoxy) is 1. The molecule has 0 unspecified atom stereocenters. The van der Waals surface area contributed by atoms with Crippen LogP contribution in [0.15, 0.2) is 58.8 Å². The number of hydrogen-bond acceptors (Lipinski definition) is 6. The van der Waals surface area contributed by atoms with Gasteiger partial charge in [-0.1, -0.05) is 12.1 Å². The van der Waals surface area contributed by atoms with Crippen molar-refractivity contribution < 1.29 is 22.3 Å². The minimum Gasteiger partial charge on any atom is -0.497 e. The average molecular weight is 490 g/mol. The van der Waals surface area contributed by atoms with Gasteiger partial charge < -0.3 is 15.0 Å². The summed E-state index contributed by atoms with van der Waals surface area (Å²) in [7, 11) is -2.26. The number of benzene rings is 2. The highest BCUT2D eigenvalue weighted by Gasteiger charge is 2.32. The third kappa shape index (κ3) is 4.87. The molecule has 1 saturated heterocycles. The number of carbonyl (C=O) groups excluding carboxylic acids is 1. The second-order valence-corrected chi connectivity index (χ2v) is 10.4.